The van der Waals surface area contributed by atoms with Gasteiger partial charge in [-0.2, -0.15) is 0 Å². The predicted octanol–water partition coefficient (Wildman–Crippen LogP) is 3.62. The number of hydrogen-bond acceptors (Lipinski definition) is 6. The first-order chi connectivity index (χ1) is 19.6. The number of pyridine rings is 1. The van der Waals surface area contributed by atoms with Crippen LogP contribution in [0.3, 0.4) is 0 Å². The smallest absolute Gasteiger partial charge is 0.258 e. The molecule has 1 aromatic carbocycles. The second-order valence-corrected chi connectivity index (χ2v) is 11.3. The number of hydrogen-bond donors (Lipinski definition) is 1. The fraction of sp³-hybridized carbons (Fsp3) is 0.452. The van der Waals surface area contributed by atoms with Crippen molar-refractivity contribution < 1.29 is 14.4 Å². The monoisotopic (exact) mass is 557 g/mol. The number of carbonyl (C=O) groups is 3. The van der Waals surface area contributed by atoms with Gasteiger partial charge in [0.2, 0.25) is 17.8 Å². The first kappa shape index (κ1) is 28.5. The molecule has 10 heteroatoms. The summed E-state index contributed by atoms with van der Waals surface area (Å²) in [6.45, 7) is 13.2. The van der Waals surface area contributed by atoms with Gasteiger partial charge in [0.1, 0.15) is 0 Å². The van der Waals surface area contributed by atoms with Crippen molar-refractivity contribution in [3.63, 3.8) is 0 Å². The molecule has 4 heterocycles. The van der Waals surface area contributed by atoms with Crippen LogP contribution in [0.15, 0.2) is 36.9 Å². The Balaban J connectivity index is 1.55. The molecule has 0 aliphatic carbocycles. The molecule has 2 aliphatic rings. The summed E-state index contributed by atoms with van der Waals surface area (Å²) in [6, 6.07) is 7.68. The Bertz CT molecular complexity index is 1490. The molecule has 1 unspecified atom stereocenters. The highest BCUT2D eigenvalue weighted by Gasteiger charge is 2.28. The Morgan fingerprint density at radius 1 is 1.05 bits per heavy atom. The highest BCUT2D eigenvalue weighted by atomic mass is 16.2. The third-order valence-electron chi connectivity index (χ3n) is 8.05. The van der Waals surface area contributed by atoms with E-state index in [4.69, 9.17) is 4.98 Å². The number of amides is 3. The third-order valence-corrected chi connectivity index (χ3v) is 8.05. The highest BCUT2D eigenvalue weighted by molar-refractivity contribution is 6.04. The van der Waals surface area contributed by atoms with E-state index >= 15 is 0 Å². The van der Waals surface area contributed by atoms with E-state index in [1.165, 1.54) is 6.08 Å². The van der Waals surface area contributed by atoms with Crippen LogP contribution in [0.4, 0.5) is 5.95 Å². The minimum absolute atomic E-state index is 0.0672. The van der Waals surface area contributed by atoms with Crippen LogP contribution in [0.25, 0.3) is 11.0 Å². The van der Waals surface area contributed by atoms with Crippen LogP contribution in [-0.2, 0) is 16.1 Å². The third kappa shape index (κ3) is 6.17. The maximum Gasteiger partial charge on any atom is 0.258 e. The molecule has 41 heavy (non-hydrogen) atoms. The number of aromatic nitrogens is 3. The van der Waals surface area contributed by atoms with Gasteiger partial charge in [0.15, 0.2) is 0 Å². The van der Waals surface area contributed by atoms with Gasteiger partial charge in [0.05, 0.1) is 23.6 Å². The molecule has 216 valence electrons. The molecule has 0 radical (unpaired) electrons. The molecule has 0 spiro atoms. The normalized spacial score (nSPS) is 18.4. The van der Waals surface area contributed by atoms with E-state index < -0.39 is 0 Å². The number of aryl methyl sites for hydroxylation is 3. The Morgan fingerprint density at radius 3 is 2.51 bits per heavy atom. The summed E-state index contributed by atoms with van der Waals surface area (Å²) in [6.07, 6.45) is 4.09. The van der Waals surface area contributed by atoms with Crippen molar-refractivity contribution in [1.29, 1.82) is 0 Å². The van der Waals surface area contributed by atoms with E-state index in [1.54, 1.807) is 17.0 Å². The molecule has 1 N–H and O–H groups in total. The van der Waals surface area contributed by atoms with E-state index in [-0.39, 0.29) is 23.8 Å². The number of anilines is 1. The molecule has 2 aliphatic heterocycles. The molecule has 0 bridgehead atoms. The molecule has 3 amide bonds. The molecule has 2 aromatic heterocycles. The zero-order chi connectivity index (χ0) is 29.3. The number of piperazine rings is 1. The lowest BCUT2D eigenvalue weighted by Crippen LogP contribution is -2.47. The number of fused-ring (bicyclic) bond motifs is 1. The maximum absolute atomic E-state index is 13.5. The van der Waals surface area contributed by atoms with E-state index in [2.05, 4.69) is 45.4 Å². The van der Waals surface area contributed by atoms with Crippen LogP contribution in [0.1, 0.15) is 58.2 Å². The lowest BCUT2D eigenvalue weighted by atomic mass is 10.1. The summed E-state index contributed by atoms with van der Waals surface area (Å²) in [4.78, 5) is 53.5. The minimum atomic E-state index is -0.253. The predicted molar refractivity (Wildman–Crippen MR) is 159 cm³/mol. The number of benzene rings is 1. The SMILES string of the molecule is C=CC(=O)N1CCCCC(n2c(NC(=O)c3cc(C)nc(C)c3)nc3cc(CN4CCN(C)C(=O)C4)cc(C)c32)C1. The summed E-state index contributed by atoms with van der Waals surface area (Å²) in [5.74, 6) is 0.244. The van der Waals surface area contributed by atoms with E-state index in [1.807, 2.05) is 25.8 Å². The van der Waals surface area contributed by atoms with Crippen molar-refractivity contribution in [2.75, 3.05) is 45.1 Å². The molecule has 0 saturated carbocycles. The Morgan fingerprint density at radius 2 is 1.80 bits per heavy atom. The first-order valence-corrected chi connectivity index (χ1v) is 14.3. The Hall–Kier alpha value is -4.05. The number of nitrogens with zero attached hydrogens (tertiary/aromatic N) is 6. The molecule has 10 nitrogen and oxygen atoms in total. The molecule has 1 atom stereocenters. The second kappa shape index (κ2) is 11.8. The van der Waals surface area contributed by atoms with Gasteiger partial charge in [-0.1, -0.05) is 12.6 Å². The van der Waals surface area contributed by atoms with Gasteiger partial charge >= 0.3 is 0 Å². The Labute approximate surface area is 241 Å². The van der Waals surface area contributed by atoms with Gasteiger partial charge < -0.3 is 14.4 Å². The number of imidazole rings is 1. The number of rotatable bonds is 6. The van der Waals surface area contributed by atoms with Crippen LogP contribution in [-0.4, -0.2) is 86.7 Å². The fourth-order valence-electron chi connectivity index (χ4n) is 6.04. The lowest BCUT2D eigenvalue weighted by Gasteiger charge is -2.32. The van der Waals surface area contributed by atoms with Crippen LogP contribution in [0.2, 0.25) is 0 Å². The molecule has 3 aromatic rings. The quantitative estimate of drug-likeness (QED) is 0.465. The zero-order valence-electron chi connectivity index (χ0n) is 24.4. The van der Waals surface area contributed by atoms with Crippen LogP contribution < -0.4 is 5.32 Å². The first-order valence-electron chi connectivity index (χ1n) is 14.3. The number of nitrogens with one attached hydrogen (secondary N) is 1. The maximum atomic E-state index is 13.5. The average Bonchev–Trinajstić information content (AvgIpc) is 3.10. The summed E-state index contributed by atoms with van der Waals surface area (Å²) < 4.78 is 2.11. The fourth-order valence-corrected chi connectivity index (χ4v) is 6.04. The van der Waals surface area contributed by atoms with Crippen molar-refractivity contribution in [2.24, 2.45) is 0 Å². The molecular formula is C31H39N7O3. The van der Waals surface area contributed by atoms with Gasteiger partial charge in [0.25, 0.3) is 5.91 Å². The van der Waals surface area contributed by atoms with Crippen molar-refractivity contribution in [1.82, 2.24) is 29.2 Å². The van der Waals surface area contributed by atoms with Crippen molar-refractivity contribution in [3.05, 3.63) is 65.0 Å². The average molecular weight is 558 g/mol. The number of likely N-dealkylation sites (N-methyl/N-ethyl adjacent to an activating group) is 1. The van der Waals surface area contributed by atoms with Crippen LogP contribution in [0, 0.1) is 20.8 Å². The highest BCUT2D eigenvalue weighted by Crippen LogP contribution is 2.33. The summed E-state index contributed by atoms with van der Waals surface area (Å²) >= 11 is 0. The van der Waals surface area contributed by atoms with Crippen molar-refractivity contribution >= 4 is 34.7 Å². The number of carbonyl (C=O) groups excluding carboxylic acids is 3. The van der Waals surface area contributed by atoms with Gasteiger partial charge in [-0.25, -0.2) is 4.98 Å². The minimum Gasteiger partial charge on any atom is -0.343 e. The largest absolute Gasteiger partial charge is 0.343 e. The molecule has 5 rings (SSSR count). The Kier molecular flexibility index (Phi) is 8.21. The standard InChI is InChI=1S/C31H39N7O3/c1-6-27(39)37-10-8-7-9-25(18-37)38-29-20(2)13-23(17-36-12-11-35(5)28(40)19-36)16-26(29)33-31(38)34-30(41)24-14-21(3)32-22(4)15-24/h6,13-16,25H,1,7-12,17-19H2,2-5H3,(H,33,34,41). The molecular weight excluding hydrogens is 518 g/mol. The van der Waals surface area contributed by atoms with Gasteiger partial charge in [-0.15, -0.1) is 0 Å². The van der Waals surface area contributed by atoms with E-state index in [0.717, 1.165) is 59.4 Å². The van der Waals surface area contributed by atoms with E-state index in [9.17, 15) is 14.4 Å². The lowest BCUT2D eigenvalue weighted by molar-refractivity contribution is -0.134. The summed E-state index contributed by atoms with van der Waals surface area (Å²) in [5, 5.41) is 3.09. The van der Waals surface area contributed by atoms with Crippen LogP contribution in [0.5, 0.6) is 0 Å². The van der Waals surface area contributed by atoms with Gasteiger partial charge in [0, 0.05) is 56.7 Å². The van der Waals surface area contributed by atoms with Crippen LogP contribution >= 0.6 is 0 Å². The van der Waals surface area contributed by atoms with Gasteiger partial charge in [-0.3, -0.25) is 29.6 Å². The molecule has 2 fully saturated rings. The summed E-state index contributed by atoms with van der Waals surface area (Å²) in [5.41, 5.74) is 5.90. The topological polar surface area (TPSA) is 104 Å². The number of likely N-dealkylation sites (tertiary alicyclic amines) is 1. The zero-order valence-corrected chi connectivity index (χ0v) is 24.4. The molecule has 2 saturated heterocycles. The van der Waals surface area contributed by atoms with Crippen molar-refractivity contribution in [2.45, 2.75) is 52.6 Å². The summed E-state index contributed by atoms with van der Waals surface area (Å²) in [7, 11) is 1.84. The van der Waals surface area contributed by atoms with E-state index in [0.29, 0.717) is 44.2 Å². The second-order valence-electron chi connectivity index (χ2n) is 11.3. The van der Waals surface area contributed by atoms with Crippen molar-refractivity contribution in [3.8, 4) is 0 Å². The van der Waals surface area contributed by atoms with Gasteiger partial charge in [-0.05, 0) is 75.4 Å².